The van der Waals surface area contributed by atoms with E-state index in [4.69, 9.17) is 4.98 Å². The first-order valence-electron chi connectivity index (χ1n) is 14.7. The van der Waals surface area contributed by atoms with E-state index in [1.807, 2.05) is 127 Å². The van der Waals surface area contributed by atoms with Crippen molar-refractivity contribution in [1.82, 2.24) is 9.38 Å². The summed E-state index contributed by atoms with van der Waals surface area (Å²) in [5.41, 5.74) is 6.34. The molecule has 5 heteroatoms. The maximum absolute atomic E-state index is 14.5. The van der Waals surface area contributed by atoms with Crippen LogP contribution in [0.15, 0.2) is 126 Å². The summed E-state index contributed by atoms with van der Waals surface area (Å²) in [6.45, 7) is 2.06. The van der Waals surface area contributed by atoms with Crippen molar-refractivity contribution in [3.63, 3.8) is 0 Å². The number of benzene rings is 5. The molecule has 0 spiro atoms. The van der Waals surface area contributed by atoms with E-state index in [9.17, 15) is 15.3 Å². The van der Waals surface area contributed by atoms with Crippen LogP contribution < -0.4 is 5.56 Å². The van der Waals surface area contributed by atoms with E-state index < -0.39 is 5.41 Å². The molecule has 1 aliphatic rings. The standard InChI is InChI=1S/C40H24N4O/c1-40(28-15-9-4-10-16-28)29(24-42)21-34-35(22-33(40)26-13-7-3-8-14-26)44-38(43-34)31-18-17-27(23-41)36-30(25-11-5-2-6-12-25)19-20-32(37(31)36)39(44)45/h2-22H,1H3. The average Bonchev–Trinajstić information content (AvgIpc) is 3.40. The summed E-state index contributed by atoms with van der Waals surface area (Å²) in [7, 11) is 0. The number of hydrogen-bond acceptors (Lipinski definition) is 4. The highest BCUT2D eigenvalue weighted by molar-refractivity contribution is 6.20. The van der Waals surface area contributed by atoms with Crippen LogP contribution in [0.4, 0.5) is 0 Å². The fraction of sp³-hybridized carbons (Fsp3) is 0.0500. The molecule has 5 nitrogen and oxygen atoms in total. The summed E-state index contributed by atoms with van der Waals surface area (Å²) in [5, 5.41) is 23.5. The molecule has 2 heterocycles. The lowest BCUT2D eigenvalue weighted by Crippen LogP contribution is -2.26. The predicted molar refractivity (Wildman–Crippen MR) is 180 cm³/mol. The molecule has 0 aliphatic heterocycles. The Bertz CT molecular complexity index is 2520. The van der Waals surface area contributed by atoms with Crippen molar-refractivity contribution in [2.24, 2.45) is 0 Å². The molecule has 0 radical (unpaired) electrons. The van der Waals surface area contributed by atoms with Crippen LogP contribution in [0.1, 0.15) is 35.0 Å². The van der Waals surface area contributed by atoms with E-state index in [-0.39, 0.29) is 5.56 Å². The Morgan fingerprint density at radius 2 is 1.33 bits per heavy atom. The number of aromatic nitrogens is 2. The molecule has 8 rings (SSSR count). The molecule has 1 aliphatic carbocycles. The zero-order valence-corrected chi connectivity index (χ0v) is 24.3. The van der Waals surface area contributed by atoms with Crippen molar-refractivity contribution < 1.29 is 0 Å². The minimum absolute atomic E-state index is 0.218. The summed E-state index contributed by atoms with van der Waals surface area (Å²) < 4.78 is 1.67. The summed E-state index contributed by atoms with van der Waals surface area (Å²) in [6, 6.07) is 42.2. The second-order valence-corrected chi connectivity index (χ2v) is 11.5. The smallest absolute Gasteiger partial charge is 0.264 e. The van der Waals surface area contributed by atoms with Gasteiger partial charge in [-0.05, 0) is 65.1 Å². The Labute approximate surface area is 259 Å². The number of nitriles is 2. The Balaban J connectivity index is 1.52. The van der Waals surface area contributed by atoms with E-state index in [0.29, 0.717) is 33.6 Å². The van der Waals surface area contributed by atoms with Crippen molar-refractivity contribution in [3.05, 3.63) is 159 Å². The van der Waals surface area contributed by atoms with E-state index in [0.717, 1.165) is 44.0 Å². The molecule has 210 valence electrons. The summed E-state index contributed by atoms with van der Waals surface area (Å²) in [6.07, 6.45) is 3.85. The maximum atomic E-state index is 14.5. The fourth-order valence-electron chi connectivity index (χ4n) is 6.94. The highest BCUT2D eigenvalue weighted by atomic mass is 16.1. The first-order chi connectivity index (χ1) is 22.0. The molecule has 0 N–H and O–H groups in total. The number of rotatable bonds is 3. The van der Waals surface area contributed by atoms with Gasteiger partial charge in [-0.2, -0.15) is 10.5 Å². The number of fused-ring (bicyclic) bond motifs is 4. The van der Waals surface area contributed by atoms with Crippen LogP contribution in [0.5, 0.6) is 0 Å². The third-order valence-electron chi connectivity index (χ3n) is 9.18. The van der Waals surface area contributed by atoms with Gasteiger partial charge in [-0.25, -0.2) is 4.98 Å². The lowest BCUT2D eigenvalue weighted by atomic mass is 9.68. The van der Waals surface area contributed by atoms with E-state index in [1.54, 1.807) is 4.40 Å². The highest BCUT2D eigenvalue weighted by Crippen LogP contribution is 2.48. The molecule has 0 fully saturated rings. The summed E-state index contributed by atoms with van der Waals surface area (Å²) in [4.78, 5) is 19.6. The minimum atomic E-state index is -0.805. The van der Waals surface area contributed by atoms with Crippen LogP contribution in [0.2, 0.25) is 0 Å². The molecule has 45 heavy (non-hydrogen) atoms. The molecule has 7 aromatic rings. The Morgan fingerprint density at radius 3 is 2.00 bits per heavy atom. The average molecular weight is 577 g/mol. The molecule has 2 aromatic heterocycles. The Kier molecular flexibility index (Phi) is 5.78. The number of pyridine rings is 1. The molecule has 1 atom stereocenters. The van der Waals surface area contributed by atoms with E-state index in [2.05, 4.69) is 19.1 Å². The van der Waals surface area contributed by atoms with Gasteiger partial charge < -0.3 is 0 Å². The lowest BCUT2D eigenvalue weighted by molar-refractivity contribution is 0.757. The van der Waals surface area contributed by atoms with Gasteiger partial charge in [0.1, 0.15) is 5.65 Å². The molecule has 1 unspecified atom stereocenters. The van der Waals surface area contributed by atoms with Crippen LogP contribution >= 0.6 is 0 Å². The third-order valence-corrected chi connectivity index (χ3v) is 9.18. The van der Waals surface area contributed by atoms with Crippen molar-refractivity contribution >= 4 is 44.9 Å². The fourth-order valence-corrected chi connectivity index (χ4v) is 6.94. The van der Waals surface area contributed by atoms with Gasteiger partial charge in [0.05, 0.1) is 34.5 Å². The highest BCUT2D eigenvalue weighted by Gasteiger charge is 2.39. The summed E-state index contributed by atoms with van der Waals surface area (Å²) in [5.74, 6) is 0. The number of nitrogens with zero attached hydrogens (tertiary/aromatic N) is 4. The van der Waals surface area contributed by atoms with Gasteiger partial charge in [0, 0.05) is 27.1 Å². The monoisotopic (exact) mass is 576 g/mol. The molecule has 0 saturated heterocycles. The van der Waals surface area contributed by atoms with Crippen molar-refractivity contribution in [2.45, 2.75) is 12.3 Å². The molecule has 0 saturated carbocycles. The molecule has 5 aromatic carbocycles. The minimum Gasteiger partial charge on any atom is -0.268 e. The van der Waals surface area contributed by atoms with Crippen LogP contribution in [0.25, 0.3) is 56.0 Å². The summed E-state index contributed by atoms with van der Waals surface area (Å²) >= 11 is 0. The van der Waals surface area contributed by atoms with E-state index >= 15 is 0 Å². The Morgan fingerprint density at radius 1 is 0.689 bits per heavy atom. The molecule has 0 bridgehead atoms. The quantitative estimate of drug-likeness (QED) is 0.212. The normalized spacial score (nSPS) is 16.1. The molecular weight excluding hydrogens is 552 g/mol. The largest absolute Gasteiger partial charge is 0.268 e. The van der Waals surface area contributed by atoms with Crippen molar-refractivity contribution in [1.29, 1.82) is 10.5 Å². The van der Waals surface area contributed by atoms with Crippen molar-refractivity contribution in [3.8, 4) is 23.3 Å². The number of allylic oxidation sites excluding steroid dienone is 2. The van der Waals surface area contributed by atoms with Gasteiger partial charge in [-0.3, -0.25) is 9.20 Å². The molecule has 0 amide bonds. The SMILES string of the molecule is CC1(c2ccccc2)C(C#N)=Cc2nc3c4ccc(C#N)c5c(-c6ccccc6)ccc(c(=O)n3c2C=C1c1ccccc1)c54. The third kappa shape index (κ3) is 3.72. The topological polar surface area (TPSA) is 81.9 Å². The predicted octanol–water partition coefficient (Wildman–Crippen LogP) is 8.40. The van der Waals surface area contributed by atoms with Gasteiger partial charge in [0.15, 0.2) is 0 Å². The lowest BCUT2D eigenvalue weighted by Gasteiger charge is -2.32. The van der Waals surface area contributed by atoms with E-state index in [1.165, 1.54) is 0 Å². The van der Waals surface area contributed by atoms with Gasteiger partial charge in [0.2, 0.25) is 0 Å². The number of hydrogen-bond donors (Lipinski definition) is 0. The second kappa shape index (κ2) is 9.88. The maximum Gasteiger partial charge on any atom is 0.264 e. The second-order valence-electron chi connectivity index (χ2n) is 11.5. The van der Waals surface area contributed by atoms with Crippen LogP contribution in [0, 0.1) is 22.7 Å². The van der Waals surface area contributed by atoms with Gasteiger partial charge in [-0.1, -0.05) is 97.1 Å². The van der Waals surface area contributed by atoms with Gasteiger partial charge in [-0.15, -0.1) is 0 Å². The first-order valence-corrected chi connectivity index (χ1v) is 14.7. The first kappa shape index (κ1) is 26.3. The van der Waals surface area contributed by atoms with Crippen LogP contribution in [-0.4, -0.2) is 9.38 Å². The van der Waals surface area contributed by atoms with Crippen molar-refractivity contribution in [2.75, 3.05) is 0 Å². The number of imidazole rings is 1. The zero-order valence-electron chi connectivity index (χ0n) is 24.3. The van der Waals surface area contributed by atoms with Crippen LogP contribution in [0.3, 0.4) is 0 Å². The van der Waals surface area contributed by atoms with Crippen LogP contribution in [-0.2, 0) is 5.41 Å². The van der Waals surface area contributed by atoms with Gasteiger partial charge in [0.25, 0.3) is 5.56 Å². The van der Waals surface area contributed by atoms with Gasteiger partial charge >= 0.3 is 0 Å². The molecular formula is C40H24N4O. The zero-order chi connectivity index (χ0) is 30.7. The Hall–Kier alpha value is -6.30.